The van der Waals surface area contributed by atoms with Crippen LogP contribution in [-0.4, -0.2) is 16.9 Å². The molecule has 0 aliphatic heterocycles. The van der Waals surface area contributed by atoms with E-state index in [0.29, 0.717) is 11.1 Å². The van der Waals surface area contributed by atoms with Crippen LogP contribution in [0.3, 0.4) is 0 Å². The minimum atomic E-state index is -0.864. The predicted octanol–water partition coefficient (Wildman–Crippen LogP) is 3.41. The van der Waals surface area contributed by atoms with E-state index in [0.717, 1.165) is 5.56 Å². The van der Waals surface area contributed by atoms with E-state index in [9.17, 15) is 9.59 Å². The summed E-state index contributed by atoms with van der Waals surface area (Å²) >= 11 is 0. The molecule has 1 N–H and O–H groups in total. The molecule has 0 atom stereocenters. The Morgan fingerprint density at radius 2 is 1.50 bits per heavy atom. The Hall–Kier alpha value is -2.68. The van der Waals surface area contributed by atoms with Crippen LogP contribution in [0.1, 0.15) is 27.9 Å². The number of carboxylic acids is 1. The SMILES string of the molecule is O=C(O)CC=Cc1ccc(C(=O)c2ccccc2)cc1. The second-order valence-corrected chi connectivity index (χ2v) is 4.32. The minimum absolute atomic E-state index is 0.00923. The lowest BCUT2D eigenvalue weighted by molar-refractivity contribution is -0.135. The van der Waals surface area contributed by atoms with Crippen molar-refractivity contribution < 1.29 is 14.7 Å². The highest BCUT2D eigenvalue weighted by atomic mass is 16.4. The molecule has 0 aliphatic carbocycles. The molecular weight excluding hydrogens is 252 g/mol. The summed E-state index contributed by atoms with van der Waals surface area (Å²) in [6, 6.07) is 16.2. The minimum Gasteiger partial charge on any atom is -0.481 e. The highest BCUT2D eigenvalue weighted by molar-refractivity contribution is 6.09. The molecule has 2 aromatic carbocycles. The van der Waals surface area contributed by atoms with Crippen molar-refractivity contribution in [2.75, 3.05) is 0 Å². The largest absolute Gasteiger partial charge is 0.481 e. The molecule has 0 aliphatic rings. The second-order valence-electron chi connectivity index (χ2n) is 4.32. The highest BCUT2D eigenvalue weighted by Crippen LogP contribution is 2.12. The fourth-order valence-electron chi connectivity index (χ4n) is 1.80. The number of aliphatic carboxylic acids is 1. The number of carbonyl (C=O) groups is 2. The molecule has 3 heteroatoms. The van der Waals surface area contributed by atoms with Gasteiger partial charge in [0.15, 0.2) is 5.78 Å². The first-order valence-corrected chi connectivity index (χ1v) is 6.25. The van der Waals surface area contributed by atoms with Crippen molar-refractivity contribution in [1.82, 2.24) is 0 Å². The Balaban J connectivity index is 2.10. The monoisotopic (exact) mass is 266 g/mol. The van der Waals surface area contributed by atoms with Crippen LogP contribution in [0, 0.1) is 0 Å². The van der Waals surface area contributed by atoms with E-state index in [-0.39, 0.29) is 12.2 Å². The molecule has 20 heavy (non-hydrogen) atoms. The van der Waals surface area contributed by atoms with Crippen LogP contribution in [0.5, 0.6) is 0 Å². The van der Waals surface area contributed by atoms with Gasteiger partial charge in [0.05, 0.1) is 6.42 Å². The maximum Gasteiger partial charge on any atom is 0.307 e. The number of ketones is 1. The number of carboxylic acid groups (broad SMARTS) is 1. The van der Waals surface area contributed by atoms with Crippen molar-refractivity contribution in [3.63, 3.8) is 0 Å². The van der Waals surface area contributed by atoms with Crippen molar-refractivity contribution in [1.29, 1.82) is 0 Å². The van der Waals surface area contributed by atoms with E-state index >= 15 is 0 Å². The molecule has 0 amide bonds. The van der Waals surface area contributed by atoms with Gasteiger partial charge in [0.25, 0.3) is 0 Å². The molecule has 100 valence electrons. The first-order chi connectivity index (χ1) is 9.66. The van der Waals surface area contributed by atoms with Gasteiger partial charge in [-0.2, -0.15) is 0 Å². The summed E-state index contributed by atoms with van der Waals surface area (Å²) in [7, 11) is 0. The Kier molecular flexibility index (Phi) is 4.45. The number of hydrogen-bond acceptors (Lipinski definition) is 2. The quantitative estimate of drug-likeness (QED) is 0.844. The van der Waals surface area contributed by atoms with Crippen LogP contribution in [0.4, 0.5) is 0 Å². The molecule has 2 aromatic rings. The van der Waals surface area contributed by atoms with Gasteiger partial charge in [0.2, 0.25) is 0 Å². The normalized spacial score (nSPS) is 10.6. The average molecular weight is 266 g/mol. The molecule has 0 heterocycles. The maximum absolute atomic E-state index is 12.2. The molecule has 0 aromatic heterocycles. The third kappa shape index (κ3) is 3.65. The molecule has 0 fully saturated rings. The lowest BCUT2D eigenvalue weighted by Crippen LogP contribution is -2.00. The second kappa shape index (κ2) is 6.48. The highest BCUT2D eigenvalue weighted by Gasteiger charge is 2.07. The molecule has 0 bridgehead atoms. The molecule has 2 rings (SSSR count). The van der Waals surface area contributed by atoms with E-state index in [2.05, 4.69) is 0 Å². The first kappa shape index (κ1) is 13.7. The van der Waals surface area contributed by atoms with E-state index in [1.54, 1.807) is 48.6 Å². The smallest absolute Gasteiger partial charge is 0.307 e. The Bertz CT molecular complexity index is 625. The number of rotatable bonds is 5. The van der Waals surface area contributed by atoms with Gasteiger partial charge in [-0.3, -0.25) is 9.59 Å². The Morgan fingerprint density at radius 3 is 2.10 bits per heavy atom. The molecule has 0 radical (unpaired) electrons. The third-order valence-corrected chi connectivity index (χ3v) is 2.81. The topological polar surface area (TPSA) is 54.4 Å². The maximum atomic E-state index is 12.2. The van der Waals surface area contributed by atoms with Crippen LogP contribution in [0.15, 0.2) is 60.7 Å². The molecule has 0 saturated heterocycles. The summed E-state index contributed by atoms with van der Waals surface area (Å²) in [5.74, 6) is -0.885. The van der Waals surface area contributed by atoms with Crippen LogP contribution < -0.4 is 0 Å². The van der Waals surface area contributed by atoms with Crippen molar-refractivity contribution in [2.45, 2.75) is 6.42 Å². The fraction of sp³-hybridized carbons (Fsp3) is 0.0588. The molecule has 3 nitrogen and oxygen atoms in total. The van der Waals surface area contributed by atoms with E-state index in [1.165, 1.54) is 0 Å². The summed E-state index contributed by atoms with van der Waals surface area (Å²) in [6.07, 6.45) is 3.30. The summed E-state index contributed by atoms with van der Waals surface area (Å²) in [4.78, 5) is 22.6. The molecule has 0 saturated carbocycles. The number of carbonyl (C=O) groups excluding carboxylic acids is 1. The van der Waals surface area contributed by atoms with Gasteiger partial charge < -0.3 is 5.11 Å². The summed E-state index contributed by atoms with van der Waals surface area (Å²) in [5, 5.41) is 8.54. The fourth-order valence-corrected chi connectivity index (χ4v) is 1.80. The third-order valence-electron chi connectivity index (χ3n) is 2.81. The molecule has 0 spiro atoms. The van der Waals surface area contributed by atoms with Gasteiger partial charge in [0.1, 0.15) is 0 Å². The Morgan fingerprint density at radius 1 is 0.900 bits per heavy atom. The number of benzene rings is 2. The summed E-state index contributed by atoms with van der Waals surface area (Å²) in [6.45, 7) is 0. The van der Waals surface area contributed by atoms with Gasteiger partial charge in [-0.15, -0.1) is 0 Å². The van der Waals surface area contributed by atoms with Crippen LogP contribution >= 0.6 is 0 Å². The van der Waals surface area contributed by atoms with Crippen LogP contribution in [0.2, 0.25) is 0 Å². The lowest BCUT2D eigenvalue weighted by Gasteiger charge is -2.01. The summed E-state index contributed by atoms with van der Waals surface area (Å²) in [5.41, 5.74) is 2.14. The zero-order valence-electron chi connectivity index (χ0n) is 10.8. The van der Waals surface area contributed by atoms with E-state index < -0.39 is 5.97 Å². The molecule has 0 unspecified atom stereocenters. The van der Waals surface area contributed by atoms with Gasteiger partial charge in [-0.1, -0.05) is 66.7 Å². The Labute approximate surface area is 117 Å². The van der Waals surface area contributed by atoms with Gasteiger partial charge in [-0.05, 0) is 5.56 Å². The van der Waals surface area contributed by atoms with E-state index in [1.807, 2.05) is 18.2 Å². The van der Waals surface area contributed by atoms with Crippen LogP contribution in [0.25, 0.3) is 6.08 Å². The average Bonchev–Trinajstić information content (AvgIpc) is 2.48. The standard InChI is InChI=1S/C17H14O3/c18-16(19)8-4-5-13-9-11-15(12-10-13)17(20)14-6-2-1-3-7-14/h1-7,9-12H,8H2,(H,18,19). The van der Waals surface area contributed by atoms with Crippen molar-refractivity contribution in [2.24, 2.45) is 0 Å². The van der Waals surface area contributed by atoms with Gasteiger partial charge >= 0.3 is 5.97 Å². The van der Waals surface area contributed by atoms with Crippen molar-refractivity contribution in [3.05, 3.63) is 77.4 Å². The molecular formula is C17H14O3. The van der Waals surface area contributed by atoms with E-state index in [4.69, 9.17) is 5.11 Å². The van der Waals surface area contributed by atoms with Gasteiger partial charge in [-0.25, -0.2) is 0 Å². The predicted molar refractivity (Wildman–Crippen MR) is 77.6 cm³/mol. The number of hydrogen-bond donors (Lipinski definition) is 1. The van der Waals surface area contributed by atoms with Crippen LogP contribution in [-0.2, 0) is 4.79 Å². The first-order valence-electron chi connectivity index (χ1n) is 6.25. The van der Waals surface area contributed by atoms with Gasteiger partial charge in [0, 0.05) is 11.1 Å². The zero-order chi connectivity index (χ0) is 14.4. The summed E-state index contributed by atoms with van der Waals surface area (Å²) < 4.78 is 0. The lowest BCUT2D eigenvalue weighted by atomic mass is 10.0. The van der Waals surface area contributed by atoms with Crippen molar-refractivity contribution >= 4 is 17.8 Å². The zero-order valence-corrected chi connectivity index (χ0v) is 10.8. The van der Waals surface area contributed by atoms with Crippen molar-refractivity contribution in [3.8, 4) is 0 Å².